The fourth-order valence-electron chi connectivity index (χ4n) is 1.96. The van der Waals surface area contributed by atoms with E-state index in [-0.39, 0.29) is 0 Å². The number of fused-ring (bicyclic) bond motifs is 1. The molecule has 0 fully saturated rings. The second-order valence-electron chi connectivity index (χ2n) is 4.33. The lowest BCUT2D eigenvalue weighted by atomic mass is 10.2. The minimum Gasteiger partial charge on any atom is -0.227 e. The largest absolute Gasteiger partial charge is 0.307 e. The normalized spacial score (nSPS) is 12.2. The molecule has 1 heterocycles. The fourth-order valence-corrected chi connectivity index (χ4v) is 3.51. The number of nitrogens with zero attached hydrogens (tertiary/aromatic N) is 2. The number of para-hydroxylation sites is 1. The Morgan fingerprint density at radius 1 is 1.37 bits per heavy atom. The van der Waals surface area contributed by atoms with Crippen LogP contribution in [0.4, 0.5) is 0 Å². The van der Waals surface area contributed by atoms with Crippen LogP contribution in [-0.2, 0) is 16.6 Å². The molecule has 0 aliphatic rings. The first-order valence-corrected chi connectivity index (χ1v) is 7.50. The van der Waals surface area contributed by atoms with Crippen LogP contribution in [0, 0.1) is 0 Å². The van der Waals surface area contributed by atoms with E-state index >= 15 is 0 Å². The Kier molecular flexibility index (Phi) is 3.71. The molecular weight excluding hydrogens is 284 g/mol. The SMILES string of the molecule is C=CCc1c(Cl)c2ccccc2n1S(=O)(=O)N(C)C. The lowest BCUT2D eigenvalue weighted by Gasteiger charge is -2.16. The van der Waals surface area contributed by atoms with Crippen LogP contribution in [0.15, 0.2) is 36.9 Å². The summed E-state index contributed by atoms with van der Waals surface area (Å²) in [5.74, 6) is 0. The van der Waals surface area contributed by atoms with Gasteiger partial charge >= 0.3 is 10.2 Å². The first kappa shape index (κ1) is 14.1. The maximum atomic E-state index is 12.5. The van der Waals surface area contributed by atoms with Crippen molar-refractivity contribution < 1.29 is 8.42 Å². The molecule has 1 aromatic carbocycles. The topological polar surface area (TPSA) is 42.3 Å². The number of aromatic nitrogens is 1. The summed E-state index contributed by atoms with van der Waals surface area (Å²) < 4.78 is 27.4. The Balaban J connectivity index is 2.92. The van der Waals surface area contributed by atoms with Crippen LogP contribution in [-0.4, -0.2) is 30.8 Å². The van der Waals surface area contributed by atoms with E-state index in [2.05, 4.69) is 6.58 Å². The number of halogens is 1. The molecule has 2 rings (SSSR count). The Morgan fingerprint density at radius 2 is 2.00 bits per heavy atom. The highest BCUT2D eigenvalue weighted by molar-refractivity contribution is 7.87. The predicted octanol–water partition coefficient (Wildman–Crippen LogP) is 2.68. The molecule has 0 saturated heterocycles. The summed E-state index contributed by atoms with van der Waals surface area (Å²) in [5.41, 5.74) is 1.12. The van der Waals surface area contributed by atoms with E-state index in [4.69, 9.17) is 11.6 Å². The minimum atomic E-state index is -3.62. The number of hydrogen-bond donors (Lipinski definition) is 0. The quantitative estimate of drug-likeness (QED) is 0.815. The van der Waals surface area contributed by atoms with E-state index in [1.807, 2.05) is 12.1 Å². The van der Waals surface area contributed by atoms with Gasteiger partial charge in [0.05, 0.1) is 16.2 Å². The summed E-state index contributed by atoms with van der Waals surface area (Å²) in [4.78, 5) is 0. The molecule has 4 nitrogen and oxygen atoms in total. The smallest absolute Gasteiger partial charge is 0.227 e. The van der Waals surface area contributed by atoms with Crippen molar-refractivity contribution in [2.45, 2.75) is 6.42 Å². The van der Waals surface area contributed by atoms with Crippen molar-refractivity contribution in [1.29, 1.82) is 0 Å². The van der Waals surface area contributed by atoms with Crippen LogP contribution in [0.3, 0.4) is 0 Å². The van der Waals surface area contributed by atoms with Gasteiger partial charge in [0.2, 0.25) is 0 Å². The monoisotopic (exact) mass is 298 g/mol. The summed E-state index contributed by atoms with van der Waals surface area (Å²) in [6.45, 7) is 3.65. The molecule has 0 saturated carbocycles. The minimum absolute atomic E-state index is 0.389. The molecule has 0 spiro atoms. The Morgan fingerprint density at radius 3 is 2.58 bits per heavy atom. The third-order valence-electron chi connectivity index (χ3n) is 2.89. The molecule has 1 aromatic heterocycles. The van der Waals surface area contributed by atoms with Gasteiger partial charge in [0.1, 0.15) is 0 Å². The van der Waals surface area contributed by atoms with Crippen molar-refractivity contribution in [3.63, 3.8) is 0 Å². The van der Waals surface area contributed by atoms with E-state index in [1.165, 1.54) is 22.4 Å². The first-order chi connectivity index (χ1) is 8.91. The number of rotatable bonds is 4. The van der Waals surface area contributed by atoms with Gasteiger partial charge in [0.15, 0.2) is 0 Å². The van der Waals surface area contributed by atoms with Crippen molar-refractivity contribution in [1.82, 2.24) is 8.28 Å². The van der Waals surface area contributed by atoms with Gasteiger partial charge in [-0.1, -0.05) is 35.9 Å². The van der Waals surface area contributed by atoms with E-state index in [0.29, 0.717) is 22.7 Å². The zero-order chi connectivity index (χ0) is 14.2. The maximum absolute atomic E-state index is 12.5. The van der Waals surface area contributed by atoms with E-state index in [9.17, 15) is 8.42 Å². The second kappa shape index (κ2) is 5.00. The first-order valence-electron chi connectivity index (χ1n) is 5.73. The van der Waals surface area contributed by atoms with Crippen LogP contribution in [0.2, 0.25) is 5.02 Å². The summed E-state index contributed by atoms with van der Waals surface area (Å²) in [6.07, 6.45) is 2.03. The zero-order valence-corrected chi connectivity index (χ0v) is 12.4. The van der Waals surface area contributed by atoms with Crippen molar-refractivity contribution >= 4 is 32.7 Å². The third-order valence-corrected chi connectivity index (χ3v) is 5.11. The van der Waals surface area contributed by atoms with Gasteiger partial charge in [0, 0.05) is 25.9 Å². The Bertz CT molecular complexity index is 732. The molecule has 2 aromatic rings. The van der Waals surface area contributed by atoms with Gasteiger partial charge in [-0.15, -0.1) is 6.58 Å². The molecule has 0 bridgehead atoms. The molecule has 0 radical (unpaired) electrons. The molecule has 0 amide bonds. The molecule has 0 aliphatic carbocycles. The van der Waals surface area contributed by atoms with Crippen LogP contribution in [0.1, 0.15) is 5.69 Å². The summed E-state index contributed by atoms with van der Waals surface area (Å²) in [7, 11) is -0.626. The summed E-state index contributed by atoms with van der Waals surface area (Å²) in [6, 6.07) is 7.18. The summed E-state index contributed by atoms with van der Waals surface area (Å²) >= 11 is 6.30. The zero-order valence-electron chi connectivity index (χ0n) is 10.8. The third kappa shape index (κ3) is 2.18. The maximum Gasteiger partial charge on any atom is 0.307 e. The summed E-state index contributed by atoms with van der Waals surface area (Å²) in [5, 5.41) is 1.19. The van der Waals surface area contributed by atoms with Gasteiger partial charge < -0.3 is 0 Å². The van der Waals surface area contributed by atoms with Crippen molar-refractivity contribution in [3.05, 3.63) is 47.6 Å². The molecule has 102 valence electrons. The van der Waals surface area contributed by atoms with Crippen LogP contribution in [0.5, 0.6) is 0 Å². The molecule has 0 N–H and O–H groups in total. The van der Waals surface area contributed by atoms with E-state index in [1.54, 1.807) is 18.2 Å². The highest BCUT2D eigenvalue weighted by atomic mass is 35.5. The molecule has 0 unspecified atom stereocenters. The average Bonchev–Trinajstić information content (AvgIpc) is 2.64. The van der Waals surface area contributed by atoms with Gasteiger partial charge in [-0.05, 0) is 6.07 Å². The second-order valence-corrected chi connectivity index (χ2v) is 6.69. The Hall–Kier alpha value is -1.30. The Labute approximate surface area is 118 Å². The van der Waals surface area contributed by atoms with Crippen molar-refractivity contribution in [2.24, 2.45) is 0 Å². The standard InChI is InChI=1S/C13H15ClN2O2S/c1-4-7-12-13(14)10-8-5-6-9-11(10)16(12)19(17,18)15(2)3/h4-6,8-9H,1,7H2,2-3H3. The van der Waals surface area contributed by atoms with Crippen molar-refractivity contribution in [2.75, 3.05) is 14.1 Å². The number of allylic oxidation sites excluding steroid dienone is 1. The predicted molar refractivity (Wildman–Crippen MR) is 78.9 cm³/mol. The lowest BCUT2D eigenvalue weighted by molar-refractivity contribution is 0.511. The van der Waals surface area contributed by atoms with Crippen LogP contribution >= 0.6 is 11.6 Å². The van der Waals surface area contributed by atoms with Crippen molar-refractivity contribution in [3.8, 4) is 0 Å². The van der Waals surface area contributed by atoms with Crippen LogP contribution < -0.4 is 0 Å². The highest BCUT2D eigenvalue weighted by Gasteiger charge is 2.25. The average molecular weight is 299 g/mol. The fraction of sp³-hybridized carbons (Fsp3) is 0.231. The van der Waals surface area contributed by atoms with Gasteiger partial charge in [-0.25, -0.2) is 3.97 Å². The molecule has 0 atom stereocenters. The van der Waals surface area contributed by atoms with Gasteiger partial charge in [-0.3, -0.25) is 0 Å². The molecular formula is C13H15ClN2O2S. The molecule has 0 aliphatic heterocycles. The molecule has 19 heavy (non-hydrogen) atoms. The van der Waals surface area contributed by atoms with Gasteiger partial charge in [-0.2, -0.15) is 12.7 Å². The molecule has 6 heteroatoms. The van der Waals surface area contributed by atoms with E-state index < -0.39 is 10.2 Å². The van der Waals surface area contributed by atoms with Gasteiger partial charge in [0.25, 0.3) is 0 Å². The van der Waals surface area contributed by atoms with E-state index in [0.717, 1.165) is 5.39 Å². The highest BCUT2D eigenvalue weighted by Crippen LogP contribution is 2.32. The van der Waals surface area contributed by atoms with Crippen LogP contribution in [0.25, 0.3) is 10.9 Å². The number of hydrogen-bond acceptors (Lipinski definition) is 2. The lowest BCUT2D eigenvalue weighted by Crippen LogP contribution is -2.29. The number of benzene rings is 1.